The van der Waals surface area contributed by atoms with E-state index < -0.39 is 5.92 Å². The molecule has 0 saturated heterocycles. The number of amides is 1. The molecule has 0 aromatic heterocycles. The zero-order valence-corrected chi connectivity index (χ0v) is 12.4. The predicted molar refractivity (Wildman–Crippen MR) is 75.1 cm³/mol. The van der Waals surface area contributed by atoms with Gasteiger partial charge in [-0.1, -0.05) is 25.4 Å². The molecule has 0 rings (SSSR count). The minimum Gasteiger partial charge on any atom is -0.409 e. The molecular formula is C13H27N3O3. The van der Waals surface area contributed by atoms with Crippen LogP contribution in [0.25, 0.3) is 0 Å². The first-order chi connectivity index (χ1) is 9.03. The minimum atomic E-state index is -0.555. The molecule has 0 aromatic carbocycles. The second kappa shape index (κ2) is 9.61. The molecule has 6 heteroatoms. The van der Waals surface area contributed by atoms with E-state index in [1.807, 2.05) is 20.8 Å². The topological polar surface area (TPSA) is 88.2 Å². The van der Waals surface area contributed by atoms with E-state index in [0.717, 1.165) is 12.8 Å². The summed E-state index contributed by atoms with van der Waals surface area (Å²) in [6.07, 6.45) is 2.23. The average molecular weight is 273 g/mol. The number of rotatable bonds is 9. The van der Waals surface area contributed by atoms with Gasteiger partial charge in [-0.3, -0.25) is 4.79 Å². The van der Waals surface area contributed by atoms with Gasteiger partial charge in [0.25, 0.3) is 0 Å². The number of oxime groups is 1. The van der Waals surface area contributed by atoms with Gasteiger partial charge in [-0.15, -0.1) is 0 Å². The van der Waals surface area contributed by atoms with Gasteiger partial charge in [0.2, 0.25) is 5.91 Å². The summed E-state index contributed by atoms with van der Waals surface area (Å²) in [5.41, 5.74) is 5.63. The van der Waals surface area contributed by atoms with Crippen molar-refractivity contribution in [3.05, 3.63) is 0 Å². The molecule has 112 valence electrons. The maximum atomic E-state index is 12.5. The van der Waals surface area contributed by atoms with E-state index in [1.54, 1.807) is 12.0 Å². The van der Waals surface area contributed by atoms with Gasteiger partial charge in [0.1, 0.15) is 0 Å². The van der Waals surface area contributed by atoms with Gasteiger partial charge in [-0.2, -0.15) is 0 Å². The van der Waals surface area contributed by atoms with Crippen LogP contribution in [0.1, 0.15) is 40.0 Å². The Labute approximate surface area is 115 Å². The summed E-state index contributed by atoms with van der Waals surface area (Å²) in [4.78, 5) is 14.3. The second-order valence-electron chi connectivity index (χ2n) is 4.65. The lowest BCUT2D eigenvalue weighted by Gasteiger charge is -2.31. The number of hydrogen-bond acceptors (Lipinski definition) is 4. The Balaban J connectivity index is 5.00. The third-order valence-electron chi connectivity index (χ3n) is 3.29. The van der Waals surface area contributed by atoms with Crippen molar-refractivity contribution in [2.75, 3.05) is 20.3 Å². The maximum Gasteiger partial charge on any atom is 0.233 e. The van der Waals surface area contributed by atoms with E-state index in [2.05, 4.69) is 5.16 Å². The number of hydrogen-bond donors (Lipinski definition) is 2. The van der Waals surface area contributed by atoms with Gasteiger partial charge >= 0.3 is 0 Å². The zero-order chi connectivity index (χ0) is 14.8. The SMILES string of the molecule is CCCC(C(=O)N(CCOC)C(C)CC)C(N)=NO. The fourth-order valence-electron chi connectivity index (χ4n) is 1.91. The van der Waals surface area contributed by atoms with Crippen molar-refractivity contribution >= 4 is 11.7 Å². The van der Waals surface area contributed by atoms with Crippen molar-refractivity contribution in [3.8, 4) is 0 Å². The lowest BCUT2D eigenvalue weighted by atomic mass is 9.99. The fraction of sp³-hybridized carbons (Fsp3) is 0.846. The molecule has 2 atom stereocenters. The summed E-state index contributed by atoms with van der Waals surface area (Å²) >= 11 is 0. The Morgan fingerprint density at radius 1 is 1.47 bits per heavy atom. The van der Waals surface area contributed by atoms with E-state index in [0.29, 0.717) is 19.6 Å². The Kier molecular flexibility index (Phi) is 8.95. The van der Waals surface area contributed by atoms with Gasteiger partial charge in [0.15, 0.2) is 5.84 Å². The monoisotopic (exact) mass is 273 g/mol. The third kappa shape index (κ3) is 5.46. The van der Waals surface area contributed by atoms with Gasteiger partial charge in [0, 0.05) is 19.7 Å². The second-order valence-corrected chi connectivity index (χ2v) is 4.65. The Morgan fingerprint density at radius 3 is 2.53 bits per heavy atom. The molecule has 1 amide bonds. The Hall–Kier alpha value is -1.30. The van der Waals surface area contributed by atoms with Crippen molar-refractivity contribution in [1.82, 2.24) is 4.90 Å². The Bertz CT molecular complexity index is 295. The molecule has 2 unspecified atom stereocenters. The van der Waals surface area contributed by atoms with E-state index in [4.69, 9.17) is 15.7 Å². The standard InChI is InChI=1S/C13H27N3O3/c1-5-7-11(12(14)15-18)13(17)16(8-9-19-4)10(3)6-2/h10-11,18H,5-9H2,1-4H3,(H2,14,15). The van der Waals surface area contributed by atoms with Crippen molar-refractivity contribution in [3.63, 3.8) is 0 Å². The number of amidine groups is 1. The molecule has 3 N–H and O–H groups in total. The minimum absolute atomic E-state index is 0.0161. The van der Waals surface area contributed by atoms with Crippen LogP contribution in [0.2, 0.25) is 0 Å². The first kappa shape index (κ1) is 17.7. The van der Waals surface area contributed by atoms with Crippen LogP contribution in [0.4, 0.5) is 0 Å². The highest BCUT2D eigenvalue weighted by Crippen LogP contribution is 2.15. The third-order valence-corrected chi connectivity index (χ3v) is 3.29. The molecule has 0 spiro atoms. The summed E-state index contributed by atoms with van der Waals surface area (Å²) in [7, 11) is 1.60. The predicted octanol–water partition coefficient (Wildman–Crippen LogP) is 1.42. The summed E-state index contributed by atoms with van der Waals surface area (Å²) in [5, 5.41) is 11.8. The average Bonchev–Trinajstić information content (AvgIpc) is 2.43. The summed E-state index contributed by atoms with van der Waals surface area (Å²) in [6.45, 7) is 6.97. The Morgan fingerprint density at radius 2 is 2.11 bits per heavy atom. The summed E-state index contributed by atoms with van der Waals surface area (Å²) < 4.78 is 5.04. The highest BCUT2D eigenvalue weighted by atomic mass is 16.5. The van der Waals surface area contributed by atoms with Crippen molar-refractivity contribution < 1.29 is 14.7 Å². The number of carbonyl (C=O) groups is 1. The first-order valence-corrected chi connectivity index (χ1v) is 6.80. The van der Waals surface area contributed by atoms with E-state index in [9.17, 15) is 4.79 Å². The number of carbonyl (C=O) groups excluding carboxylic acids is 1. The molecular weight excluding hydrogens is 246 g/mol. The molecule has 0 radical (unpaired) electrons. The fourth-order valence-corrected chi connectivity index (χ4v) is 1.91. The summed E-state index contributed by atoms with van der Waals surface area (Å²) in [5.74, 6) is -0.665. The van der Waals surface area contributed by atoms with Gasteiger partial charge < -0.3 is 20.6 Å². The highest BCUT2D eigenvalue weighted by molar-refractivity contribution is 6.02. The number of nitrogens with zero attached hydrogens (tertiary/aromatic N) is 2. The van der Waals surface area contributed by atoms with Gasteiger partial charge in [-0.05, 0) is 19.8 Å². The van der Waals surface area contributed by atoms with E-state index in [-0.39, 0.29) is 17.8 Å². The molecule has 0 aliphatic heterocycles. The van der Waals surface area contributed by atoms with Crippen LogP contribution >= 0.6 is 0 Å². The highest BCUT2D eigenvalue weighted by Gasteiger charge is 2.29. The van der Waals surface area contributed by atoms with Crippen LogP contribution in [0.5, 0.6) is 0 Å². The number of ether oxygens (including phenoxy) is 1. The number of methoxy groups -OCH3 is 1. The van der Waals surface area contributed by atoms with Crippen LogP contribution in [0, 0.1) is 5.92 Å². The van der Waals surface area contributed by atoms with Crippen LogP contribution in [0.15, 0.2) is 5.16 Å². The molecule has 0 fully saturated rings. The summed E-state index contributed by atoms with van der Waals surface area (Å²) in [6, 6.07) is 0.105. The lowest BCUT2D eigenvalue weighted by molar-refractivity contribution is -0.136. The maximum absolute atomic E-state index is 12.5. The van der Waals surface area contributed by atoms with Crippen LogP contribution < -0.4 is 5.73 Å². The van der Waals surface area contributed by atoms with Gasteiger partial charge in [0.05, 0.1) is 12.5 Å². The molecule has 0 heterocycles. The molecule has 0 saturated carbocycles. The van der Waals surface area contributed by atoms with Gasteiger partial charge in [-0.25, -0.2) is 0 Å². The molecule has 0 aliphatic rings. The molecule has 6 nitrogen and oxygen atoms in total. The zero-order valence-electron chi connectivity index (χ0n) is 12.4. The van der Waals surface area contributed by atoms with Crippen molar-refractivity contribution in [2.45, 2.75) is 46.1 Å². The lowest BCUT2D eigenvalue weighted by Crippen LogP contribution is -2.47. The number of nitrogens with two attached hydrogens (primary N) is 1. The quantitative estimate of drug-likeness (QED) is 0.288. The van der Waals surface area contributed by atoms with Crippen molar-refractivity contribution in [1.29, 1.82) is 0 Å². The molecule has 0 aromatic rings. The molecule has 0 aliphatic carbocycles. The first-order valence-electron chi connectivity index (χ1n) is 6.80. The largest absolute Gasteiger partial charge is 0.409 e. The molecule has 0 bridgehead atoms. The normalized spacial score (nSPS) is 15.1. The van der Waals surface area contributed by atoms with Crippen LogP contribution in [-0.2, 0) is 9.53 Å². The van der Waals surface area contributed by atoms with Crippen LogP contribution in [-0.4, -0.2) is 48.2 Å². The van der Waals surface area contributed by atoms with E-state index in [1.165, 1.54) is 0 Å². The van der Waals surface area contributed by atoms with E-state index >= 15 is 0 Å². The van der Waals surface area contributed by atoms with Crippen LogP contribution in [0.3, 0.4) is 0 Å². The van der Waals surface area contributed by atoms with Crippen molar-refractivity contribution in [2.24, 2.45) is 16.8 Å². The molecule has 19 heavy (non-hydrogen) atoms. The smallest absolute Gasteiger partial charge is 0.233 e.